The maximum absolute atomic E-state index is 13.3. The third-order valence-corrected chi connectivity index (χ3v) is 7.31. The Balaban J connectivity index is 2.20. The molecule has 1 amide bonds. The molecule has 1 aromatic heterocycles. The number of piperidine rings is 1. The third kappa shape index (κ3) is 4.94. The number of anilines is 1. The van der Waals surface area contributed by atoms with Crippen LogP contribution in [0, 0.1) is 24.2 Å². The monoisotopic (exact) mass is 472 g/mol. The molecule has 0 aromatic carbocycles. The van der Waals surface area contributed by atoms with Crippen LogP contribution in [0.3, 0.4) is 0 Å². The molecule has 0 aliphatic carbocycles. The molecule has 6 nitrogen and oxygen atoms in total. The molecule has 2 saturated heterocycles. The van der Waals surface area contributed by atoms with E-state index in [2.05, 4.69) is 31.7 Å². The standard InChI is InChI=1S/C24H32N4O2S2/c1-5-6-12-27-21(26-10-8-7-9-11-26)18(17(4)19(14-25)22(27)29)13-20-23(30)28(15-16(2)3)24(31)32-20/h13,16H,5-12,15H2,1-4H3/b20-13-. The molecule has 3 heterocycles. The first kappa shape index (κ1) is 24.5. The fraction of sp³-hybridized carbons (Fsp3) is 0.583. The van der Waals surface area contributed by atoms with Gasteiger partial charge in [-0.1, -0.05) is 51.2 Å². The summed E-state index contributed by atoms with van der Waals surface area (Å²) in [4.78, 5) is 30.9. The van der Waals surface area contributed by atoms with Gasteiger partial charge >= 0.3 is 0 Å². The van der Waals surface area contributed by atoms with Crippen molar-refractivity contribution in [2.24, 2.45) is 5.92 Å². The van der Waals surface area contributed by atoms with E-state index in [9.17, 15) is 14.9 Å². The number of hydrogen-bond acceptors (Lipinski definition) is 6. The molecule has 0 unspecified atom stereocenters. The van der Waals surface area contributed by atoms with Crippen LogP contribution in [-0.4, -0.2) is 39.3 Å². The van der Waals surface area contributed by atoms with Crippen molar-refractivity contribution in [3.8, 4) is 6.07 Å². The maximum Gasteiger partial charge on any atom is 0.270 e. The number of amides is 1. The van der Waals surface area contributed by atoms with Gasteiger partial charge in [-0.3, -0.25) is 19.1 Å². The molecule has 0 saturated carbocycles. The maximum atomic E-state index is 13.3. The Labute approximate surface area is 200 Å². The summed E-state index contributed by atoms with van der Waals surface area (Å²) in [5.74, 6) is 1.06. The topological polar surface area (TPSA) is 69.3 Å². The summed E-state index contributed by atoms with van der Waals surface area (Å²) in [6.45, 7) is 10.9. The number of nitriles is 1. The van der Waals surface area contributed by atoms with Crippen molar-refractivity contribution in [3.63, 3.8) is 0 Å². The van der Waals surface area contributed by atoms with E-state index >= 15 is 0 Å². The SMILES string of the molecule is CCCCn1c(N2CCCCC2)c(/C=C2\SC(=S)N(CC(C)C)C2=O)c(C)c(C#N)c1=O. The fourth-order valence-electron chi connectivity index (χ4n) is 4.27. The predicted molar refractivity (Wildman–Crippen MR) is 136 cm³/mol. The lowest BCUT2D eigenvalue weighted by molar-refractivity contribution is -0.122. The van der Waals surface area contributed by atoms with Gasteiger partial charge in [0.05, 0.1) is 4.91 Å². The largest absolute Gasteiger partial charge is 0.357 e. The Kier molecular flexibility index (Phi) is 8.18. The van der Waals surface area contributed by atoms with E-state index in [0.29, 0.717) is 33.8 Å². The normalized spacial score (nSPS) is 18.2. The molecule has 0 bridgehead atoms. The van der Waals surface area contributed by atoms with Gasteiger partial charge in [0, 0.05) is 31.7 Å². The number of carbonyl (C=O) groups excluding carboxylic acids is 1. The summed E-state index contributed by atoms with van der Waals surface area (Å²) in [5.41, 5.74) is 1.36. The zero-order valence-corrected chi connectivity index (χ0v) is 21.1. The molecule has 0 spiro atoms. The lowest BCUT2D eigenvalue weighted by atomic mass is 10.0. The van der Waals surface area contributed by atoms with E-state index in [0.717, 1.165) is 50.2 Å². The lowest BCUT2D eigenvalue weighted by Crippen LogP contribution is -2.37. The van der Waals surface area contributed by atoms with Gasteiger partial charge < -0.3 is 4.90 Å². The minimum Gasteiger partial charge on any atom is -0.357 e. The van der Waals surface area contributed by atoms with Gasteiger partial charge in [-0.2, -0.15) is 5.26 Å². The van der Waals surface area contributed by atoms with E-state index in [1.54, 1.807) is 9.47 Å². The molecule has 0 atom stereocenters. The first-order valence-corrected chi connectivity index (χ1v) is 12.7. The van der Waals surface area contributed by atoms with Crippen LogP contribution >= 0.6 is 24.0 Å². The summed E-state index contributed by atoms with van der Waals surface area (Å²) < 4.78 is 2.33. The highest BCUT2D eigenvalue weighted by Gasteiger charge is 2.33. The zero-order valence-electron chi connectivity index (χ0n) is 19.4. The molecule has 0 radical (unpaired) electrons. The molecular weight excluding hydrogens is 440 g/mol. The second-order valence-electron chi connectivity index (χ2n) is 8.89. The second kappa shape index (κ2) is 10.7. The Hall–Kier alpha value is -2.11. The highest BCUT2D eigenvalue weighted by atomic mass is 32.2. The van der Waals surface area contributed by atoms with Crippen LogP contribution in [0.25, 0.3) is 6.08 Å². The van der Waals surface area contributed by atoms with Crippen LogP contribution < -0.4 is 10.5 Å². The zero-order chi connectivity index (χ0) is 23.4. The minimum absolute atomic E-state index is 0.0949. The molecule has 2 fully saturated rings. The van der Waals surface area contributed by atoms with Crippen molar-refractivity contribution in [2.75, 3.05) is 24.5 Å². The molecule has 0 N–H and O–H groups in total. The van der Waals surface area contributed by atoms with E-state index in [1.807, 2.05) is 13.0 Å². The summed E-state index contributed by atoms with van der Waals surface area (Å²) in [6, 6.07) is 2.12. The van der Waals surface area contributed by atoms with Crippen molar-refractivity contribution in [2.45, 2.75) is 66.3 Å². The fourth-order valence-corrected chi connectivity index (χ4v) is 5.52. The van der Waals surface area contributed by atoms with Crippen LogP contribution in [0.1, 0.15) is 69.6 Å². The molecule has 8 heteroatoms. The van der Waals surface area contributed by atoms with Crippen LogP contribution in [0.15, 0.2) is 9.70 Å². The molecule has 2 aliphatic heterocycles. The minimum atomic E-state index is -0.233. The number of thioether (sulfide) groups is 1. The predicted octanol–water partition coefficient (Wildman–Crippen LogP) is 4.68. The summed E-state index contributed by atoms with van der Waals surface area (Å²) in [7, 11) is 0. The quantitative estimate of drug-likeness (QED) is 0.424. The average Bonchev–Trinajstić information content (AvgIpc) is 3.02. The highest BCUT2D eigenvalue weighted by molar-refractivity contribution is 8.26. The molecular formula is C24H32N4O2S2. The van der Waals surface area contributed by atoms with Gasteiger partial charge in [0.2, 0.25) is 0 Å². The first-order valence-electron chi connectivity index (χ1n) is 11.5. The van der Waals surface area contributed by atoms with Gasteiger partial charge in [0.1, 0.15) is 21.8 Å². The summed E-state index contributed by atoms with van der Waals surface area (Å²) in [5, 5.41) is 9.77. The van der Waals surface area contributed by atoms with Gasteiger partial charge in [-0.15, -0.1) is 0 Å². The van der Waals surface area contributed by atoms with Gasteiger partial charge in [0.15, 0.2) is 0 Å². The molecule has 1 aromatic rings. The number of thiocarbonyl (C=S) groups is 1. The molecule has 2 aliphatic rings. The average molecular weight is 473 g/mol. The van der Waals surface area contributed by atoms with Crippen LogP contribution in [-0.2, 0) is 11.3 Å². The highest BCUT2D eigenvalue weighted by Crippen LogP contribution is 2.36. The molecule has 172 valence electrons. The number of nitrogens with zero attached hydrogens (tertiary/aromatic N) is 4. The Morgan fingerprint density at radius 2 is 1.91 bits per heavy atom. The number of hydrogen-bond donors (Lipinski definition) is 0. The Morgan fingerprint density at radius 1 is 1.22 bits per heavy atom. The summed E-state index contributed by atoms with van der Waals surface area (Å²) >= 11 is 6.79. The van der Waals surface area contributed by atoms with Crippen molar-refractivity contribution in [3.05, 3.63) is 31.9 Å². The van der Waals surface area contributed by atoms with Gasteiger partial charge in [0.25, 0.3) is 11.5 Å². The van der Waals surface area contributed by atoms with Crippen LogP contribution in [0.4, 0.5) is 5.82 Å². The van der Waals surface area contributed by atoms with Gasteiger partial charge in [-0.05, 0) is 50.2 Å². The Bertz CT molecular complexity index is 1030. The third-order valence-electron chi connectivity index (χ3n) is 5.93. The number of unbranched alkanes of at least 4 members (excludes halogenated alkanes) is 1. The van der Waals surface area contributed by atoms with E-state index < -0.39 is 0 Å². The van der Waals surface area contributed by atoms with E-state index in [4.69, 9.17) is 12.2 Å². The molecule has 3 rings (SSSR count). The van der Waals surface area contributed by atoms with Crippen molar-refractivity contribution in [1.82, 2.24) is 9.47 Å². The number of pyridine rings is 1. The second-order valence-corrected chi connectivity index (χ2v) is 10.6. The summed E-state index contributed by atoms with van der Waals surface area (Å²) in [6.07, 6.45) is 6.97. The lowest BCUT2D eigenvalue weighted by Gasteiger charge is -2.33. The smallest absolute Gasteiger partial charge is 0.270 e. The van der Waals surface area contributed by atoms with Crippen molar-refractivity contribution >= 4 is 46.1 Å². The first-order chi connectivity index (χ1) is 15.3. The van der Waals surface area contributed by atoms with Crippen molar-refractivity contribution < 1.29 is 4.79 Å². The number of rotatable bonds is 7. The number of aromatic nitrogens is 1. The Morgan fingerprint density at radius 3 is 2.50 bits per heavy atom. The van der Waals surface area contributed by atoms with E-state index in [-0.39, 0.29) is 17.0 Å². The van der Waals surface area contributed by atoms with Crippen LogP contribution in [0.2, 0.25) is 0 Å². The van der Waals surface area contributed by atoms with Gasteiger partial charge in [-0.25, -0.2) is 0 Å². The van der Waals surface area contributed by atoms with E-state index in [1.165, 1.54) is 18.2 Å². The van der Waals surface area contributed by atoms with Crippen LogP contribution in [0.5, 0.6) is 0 Å². The van der Waals surface area contributed by atoms with Crippen molar-refractivity contribution in [1.29, 1.82) is 5.26 Å². The molecule has 32 heavy (non-hydrogen) atoms. The number of carbonyl (C=O) groups is 1.